The zero-order valence-corrected chi connectivity index (χ0v) is 11.2. The van der Waals surface area contributed by atoms with Crippen LogP contribution >= 0.6 is 0 Å². The number of aliphatic hydroxyl groups excluding tert-OH is 1. The average molecular weight is 250 g/mol. The molecular formula is C14H22N2O2. The minimum atomic E-state index is -0.619. The molecule has 0 spiro atoms. The van der Waals surface area contributed by atoms with E-state index in [-0.39, 0.29) is 18.6 Å². The van der Waals surface area contributed by atoms with Crippen LogP contribution in [0.3, 0.4) is 0 Å². The van der Waals surface area contributed by atoms with Gasteiger partial charge in [0.15, 0.2) is 0 Å². The number of nitrogens with one attached hydrogen (secondary N) is 2. The molecule has 0 aromatic heterocycles. The maximum Gasteiger partial charge on any atom is 0.236 e. The van der Waals surface area contributed by atoms with Crippen LogP contribution in [0.5, 0.6) is 0 Å². The number of benzene rings is 1. The molecule has 3 N–H and O–H groups in total. The lowest BCUT2D eigenvalue weighted by molar-refractivity contribution is -0.123. The van der Waals surface area contributed by atoms with Crippen molar-refractivity contribution < 1.29 is 9.90 Å². The summed E-state index contributed by atoms with van der Waals surface area (Å²) in [6.07, 6.45) is 0. The molecule has 1 rings (SSSR count). The summed E-state index contributed by atoms with van der Waals surface area (Å²) in [4.78, 5) is 11.7. The van der Waals surface area contributed by atoms with Gasteiger partial charge in [0.25, 0.3) is 0 Å². The van der Waals surface area contributed by atoms with Crippen molar-refractivity contribution in [2.75, 3.05) is 13.2 Å². The van der Waals surface area contributed by atoms with Crippen LogP contribution in [-0.4, -0.2) is 30.2 Å². The highest BCUT2D eigenvalue weighted by molar-refractivity contribution is 5.81. The number of carbonyl (C=O) groups excluding carboxylic acids is 1. The van der Waals surface area contributed by atoms with Crippen LogP contribution in [0.15, 0.2) is 30.3 Å². The Labute approximate surface area is 108 Å². The third-order valence-corrected chi connectivity index (χ3v) is 3.01. The highest BCUT2D eigenvalue weighted by Gasteiger charge is 2.29. The van der Waals surface area contributed by atoms with Crippen molar-refractivity contribution in [3.63, 3.8) is 0 Å². The monoisotopic (exact) mass is 250 g/mol. The SMILES string of the molecule is CCNC(=O)C(C)NC(C)(CO)c1ccccc1. The van der Waals surface area contributed by atoms with Gasteiger partial charge in [-0.2, -0.15) is 0 Å². The summed E-state index contributed by atoms with van der Waals surface area (Å²) in [7, 11) is 0. The summed E-state index contributed by atoms with van der Waals surface area (Å²) in [6, 6.07) is 9.28. The summed E-state index contributed by atoms with van der Waals surface area (Å²) in [5, 5.41) is 15.5. The van der Waals surface area contributed by atoms with Crippen molar-refractivity contribution in [1.82, 2.24) is 10.6 Å². The largest absolute Gasteiger partial charge is 0.394 e. The maximum atomic E-state index is 11.7. The van der Waals surface area contributed by atoms with E-state index in [9.17, 15) is 9.90 Å². The predicted octanol–water partition coefficient (Wildman–Crippen LogP) is 1.01. The van der Waals surface area contributed by atoms with Gasteiger partial charge in [0.2, 0.25) is 5.91 Å². The van der Waals surface area contributed by atoms with Crippen LogP contribution in [0.2, 0.25) is 0 Å². The zero-order chi connectivity index (χ0) is 13.6. The van der Waals surface area contributed by atoms with Crippen molar-refractivity contribution in [2.45, 2.75) is 32.4 Å². The third kappa shape index (κ3) is 3.55. The van der Waals surface area contributed by atoms with Crippen molar-refractivity contribution in [1.29, 1.82) is 0 Å². The third-order valence-electron chi connectivity index (χ3n) is 3.01. The number of carbonyl (C=O) groups is 1. The van der Waals surface area contributed by atoms with Crippen molar-refractivity contribution in [3.8, 4) is 0 Å². The molecule has 100 valence electrons. The molecule has 0 aliphatic carbocycles. The lowest BCUT2D eigenvalue weighted by Crippen LogP contribution is -2.53. The Morgan fingerprint density at radius 2 is 2.00 bits per heavy atom. The highest BCUT2D eigenvalue weighted by Crippen LogP contribution is 2.20. The number of amides is 1. The first-order chi connectivity index (χ1) is 8.53. The van der Waals surface area contributed by atoms with Crippen molar-refractivity contribution in [3.05, 3.63) is 35.9 Å². The fourth-order valence-electron chi connectivity index (χ4n) is 1.90. The molecule has 0 saturated heterocycles. The molecule has 2 unspecified atom stereocenters. The van der Waals surface area contributed by atoms with E-state index in [1.165, 1.54) is 0 Å². The fraction of sp³-hybridized carbons (Fsp3) is 0.500. The van der Waals surface area contributed by atoms with Gasteiger partial charge < -0.3 is 10.4 Å². The van der Waals surface area contributed by atoms with E-state index < -0.39 is 5.54 Å². The molecule has 0 radical (unpaired) electrons. The van der Waals surface area contributed by atoms with Crippen LogP contribution in [0.25, 0.3) is 0 Å². The summed E-state index contributed by atoms with van der Waals surface area (Å²) >= 11 is 0. The summed E-state index contributed by atoms with van der Waals surface area (Å²) in [5.41, 5.74) is 0.342. The molecule has 0 aliphatic heterocycles. The van der Waals surface area contributed by atoms with Crippen molar-refractivity contribution in [2.24, 2.45) is 0 Å². The van der Waals surface area contributed by atoms with E-state index in [1.807, 2.05) is 44.2 Å². The number of aliphatic hydroxyl groups is 1. The Balaban J connectivity index is 2.80. The summed E-state index contributed by atoms with van der Waals surface area (Å²) in [6.45, 7) is 6.10. The van der Waals surface area contributed by atoms with Crippen LogP contribution in [0, 0.1) is 0 Å². The number of hydrogen-bond acceptors (Lipinski definition) is 3. The van der Waals surface area contributed by atoms with Gasteiger partial charge in [0.05, 0.1) is 18.2 Å². The Bertz CT molecular complexity index is 381. The van der Waals surface area contributed by atoms with Crippen LogP contribution in [0.4, 0.5) is 0 Å². The van der Waals surface area contributed by atoms with Gasteiger partial charge >= 0.3 is 0 Å². The summed E-state index contributed by atoms with van der Waals surface area (Å²) in [5.74, 6) is -0.0619. The van der Waals surface area contributed by atoms with E-state index in [0.717, 1.165) is 5.56 Å². The topological polar surface area (TPSA) is 61.4 Å². The first-order valence-corrected chi connectivity index (χ1v) is 6.25. The molecule has 0 bridgehead atoms. The minimum Gasteiger partial charge on any atom is -0.394 e. The molecule has 2 atom stereocenters. The molecule has 4 heteroatoms. The molecule has 4 nitrogen and oxygen atoms in total. The highest BCUT2D eigenvalue weighted by atomic mass is 16.3. The van der Waals surface area contributed by atoms with Crippen LogP contribution in [0.1, 0.15) is 26.3 Å². The molecule has 1 aromatic carbocycles. The summed E-state index contributed by atoms with van der Waals surface area (Å²) < 4.78 is 0. The van der Waals surface area contributed by atoms with Gasteiger partial charge in [-0.25, -0.2) is 0 Å². The fourth-order valence-corrected chi connectivity index (χ4v) is 1.90. The first kappa shape index (κ1) is 14.7. The number of rotatable bonds is 6. The molecule has 0 aliphatic rings. The molecule has 0 saturated carbocycles. The van der Waals surface area contributed by atoms with Gasteiger partial charge in [-0.3, -0.25) is 10.1 Å². The Morgan fingerprint density at radius 1 is 1.39 bits per heavy atom. The standard InChI is InChI=1S/C14H22N2O2/c1-4-15-13(18)11(2)16-14(3,10-17)12-8-6-5-7-9-12/h5-9,11,16-17H,4,10H2,1-3H3,(H,15,18). The van der Waals surface area contributed by atoms with Gasteiger partial charge in [-0.15, -0.1) is 0 Å². The second kappa shape index (κ2) is 6.52. The zero-order valence-electron chi connectivity index (χ0n) is 11.2. The minimum absolute atomic E-state index is 0.0619. The maximum absolute atomic E-state index is 11.7. The second-order valence-corrected chi connectivity index (χ2v) is 4.62. The first-order valence-electron chi connectivity index (χ1n) is 6.25. The average Bonchev–Trinajstić information content (AvgIpc) is 2.39. The van der Waals surface area contributed by atoms with Gasteiger partial charge in [-0.1, -0.05) is 30.3 Å². The van der Waals surface area contributed by atoms with E-state index in [1.54, 1.807) is 6.92 Å². The quantitative estimate of drug-likeness (QED) is 0.706. The normalized spacial score (nSPS) is 15.8. The van der Waals surface area contributed by atoms with Crippen LogP contribution < -0.4 is 10.6 Å². The molecule has 18 heavy (non-hydrogen) atoms. The van der Waals surface area contributed by atoms with Gasteiger partial charge in [0, 0.05) is 6.54 Å². The van der Waals surface area contributed by atoms with Crippen LogP contribution in [-0.2, 0) is 10.3 Å². The Hall–Kier alpha value is -1.39. The smallest absolute Gasteiger partial charge is 0.236 e. The lowest BCUT2D eigenvalue weighted by Gasteiger charge is -2.32. The molecule has 1 aromatic rings. The van der Waals surface area contributed by atoms with Gasteiger partial charge in [-0.05, 0) is 26.3 Å². The Morgan fingerprint density at radius 3 is 2.50 bits per heavy atom. The number of likely N-dealkylation sites (N-methyl/N-ethyl adjacent to an activating group) is 1. The van der Waals surface area contributed by atoms with E-state index in [2.05, 4.69) is 10.6 Å². The lowest BCUT2D eigenvalue weighted by atomic mass is 9.92. The Kier molecular flexibility index (Phi) is 5.31. The van der Waals surface area contributed by atoms with Gasteiger partial charge in [0.1, 0.15) is 0 Å². The number of hydrogen-bond donors (Lipinski definition) is 3. The molecule has 0 heterocycles. The second-order valence-electron chi connectivity index (χ2n) is 4.62. The van der Waals surface area contributed by atoms with Crippen molar-refractivity contribution >= 4 is 5.91 Å². The molecule has 0 fully saturated rings. The van der Waals surface area contributed by atoms with E-state index in [0.29, 0.717) is 6.54 Å². The predicted molar refractivity (Wildman–Crippen MR) is 72.2 cm³/mol. The molecule has 1 amide bonds. The molecular weight excluding hydrogens is 228 g/mol. The van der Waals surface area contributed by atoms with E-state index >= 15 is 0 Å². The van der Waals surface area contributed by atoms with E-state index in [4.69, 9.17) is 0 Å².